The maximum absolute atomic E-state index is 11.1. The number of carbonyl (C=O) groups excluding carboxylic acids is 1. The minimum absolute atomic E-state index is 0.0682. The second kappa shape index (κ2) is 7.23. The number of carbonyl (C=O) groups is 1. The Bertz CT molecular complexity index is 384. The standard InChI is InChI=1S/C14H18O5/c1-2-16-13(15)10-17-12-8-18-14(19-9-12)11-6-4-3-5-7-11/h3-7,12,14H,2,8-10H2,1H3. The summed E-state index contributed by atoms with van der Waals surface area (Å²) in [6, 6.07) is 9.71. The van der Waals surface area contributed by atoms with E-state index in [1.54, 1.807) is 6.92 Å². The Morgan fingerprint density at radius 3 is 2.58 bits per heavy atom. The van der Waals surface area contributed by atoms with Crippen LogP contribution in [0.1, 0.15) is 18.8 Å². The Morgan fingerprint density at radius 1 is 1.26 bits per heavy atom. The van der Waals surface area contributed by atoms with Gasteiger partial charge in [0.1, 0.15) is 12.7 Å². The highest BCUT2D eigenvalue weighted by Crippen LogP contribution is 2.23. The first-order valence-electron chi connectivity index (χ1n) is 6.35. The summed E-state index contributed by atoms with van der Waals surface area (Å²) in [6.07, 6.45) is -0.590. The molecule has 2 rings (SSSR count). The number of rotatable bonds is 5. The van der Waals surface area contributed by atoms with E-state index in [9.17, 15) is 4.79 Å². The minimum atomic E-state index is -0.368. The monoisotopic (exact) mass is 266 g/mol. The van der Waals surface area contributed by atoms with E-state index in [4.69, 9.17) is 18.9 Å². The van der Waals surface area contributed by atoms with Crippen LogP contribution in [0.5, 0.6) is 0 Å². The number of benzene rings is 1. The third-order valence-corrected chi connectivity index (χ3v) is 2.68. The third-order valence-electron chi connectivity index (χ3n) is 2.68. The highest BCUT2D eigenvalue weighted by Gasteiger charge is 2.24. The Morgan fingerprint density at radius 2 is 1.95 bits per heavy atom. The molecule has 1 aliphatic heterocycles. The van der Waals surface area contributed by atoms with Crippen molar-refractivity contribution in [2.45, 2.75) is 19.3 Å². The Kier molecular flexibility index (Phi) is 5.32. The maximum atomic E-state index is 11.1. The van der Waals surface area contributed by atoms with Crippen LogP contribution in [0.3, 0.4) is 0 Å². The van der Waals surface area contributed by atoms with Gasteiger partial charge in [0.25, 0.3) is 0 Å². The first kappa shape index (κ1) is 14.0. The molecule has 1 saturated heterocycles. The molecular weight excluding hydrogens is 248 g/mol. The summed E-state index contributed by atoms with van der Waals surface area (Å²) in [5.41, 5.74) is 0.978. The normalized spacial score (nSPS) is 23.0. The lowest BCUT2D eigenvalue weighted by Crippen LogP contribution is -2.35. The summed E-state index contributed by atoms with van der Waals surface area (Å²) in [6.45, 7) is 2.85. The van der Waals surface area contributed by atoms with Crippen LogP contribution in [-0.4, -0.2) is 38.5 Å². The van der Waals surface area contributed by atoms with Gasteiger partial charge in [0.15, 0.2) is 6.29 Å². The molecule has 0 unspecified atom stereocenters. The smallest absolute Gasteiger partial charge is 0.332 e. The van der Waals surface area contributed by atoms with E-state index in [0.717, 1.165) is 5.56 Å². The lowest BCUT2D eigenvalue weighted by molar-refractivity contribution is -0.231. The van der Waals surface area contributed by atoms with Crippen LogP contribution in [0.25, 0.3) is 0 Å². The number of esters is 1. The Hall–Kier alpha value is -1.43. The van der Waals surface area contributed by atoms with E-state index >= 15 is 0 Å². The quantitative estimate of drug-likeness (QED) is 0.759. The van der Waals surface area contributed by atoms with Crippen molar-refractivity contribution in [2.75, 3.05) is 26.4 Å². The van der Waals surface area contributed by atoms with Gasteiger partial charge in [-0.3, -0.25) is 0 Å². The van der Waals surface area contributed by atoms with Gasteiger partial charge in [-0.15, -0.1) is 0 Å². The summed E-state index contributed by atoms with van der Waals surface area (Å²) in [5, 5.41) is 0. The number of hydrogen-bond acceptors (Lipinski definition) is 5. The fourth-order valence-electron chi connectivity index (χ4n) is 1.77. The summed E-state index contributed by atoms with van der Waals surface area (Å²) < 4.78 is 21.3. The molecule has 1 fully saturated rings. The Labute approximate surface area is 112 Å². The zero-order chi connectivity index (χ0) is 13.5. The molecule has 0 aromatic heterocycles. The molecular formula is C14H18O5. The van der Waals surface area contributed by atoms with Crippen molar-refractivity contribution in [3.05, 3.63) is 35.9 Å². The SMILES string of the molecule is CCOC(=O)COC1COC(c2ccccc2)OC1. The fraction of sp³-hybridized carbons (Fsp3) is 0.500. The molecule has 0 saturated carbocycles. The number of ether oxygens (including phenoxy) is 4. The highest BCUT2D eigenvalue weighted by atomic mass is 16.7. The molecule has 0 N–H and O–H groups in total. The van der Waals surface area contributed by atoms with Crippen LogP contribution in [-0.2, 0) is 23.7 Å². The van der Waals surface area contributed by atoms with Gasteiger partial charge in [-0.2, -0.15) is 0 Å². The van der Waals surface area contributed by atoms with E-state index < -0.39 is 0 Å². The molecule has 0 atom stereocenters. The zero-order valence-corrected chi connectivity index (χ0v) is 10.9. The van der Waals surface area contributed by atoms with Crippen LogP contribution in [0, 0.1) is 0 Å². The van der Waals surface area contributed by atoms with Crippen molar-refractivity contribution >= 4 is 5.97 Å². The van der Waals surface area contributed by atoms with Crippen molar-refractivity contribution in [1.29, 1.82) is 0 Å². The molecule has 0 bridgehead atoms. The Balaban J connectivity index is 1.72. The molecule has 0 spiro atoms. The van der Waals surface area contributed by atoms with Crippen LogP contribution < -0.4 is 0 Å². The predicted octanol–water partition coefficient (Wildman–Crippen LogP) is 1.68. The number of hydrogen-bond donors (Lipinski definition) is 0. The molecule has 1 aromatic carbocycles. The largest absolute Gasteiger partial charge is 0.464 e. The molecule has 0 aliphatic carbocycles. The van der Waals surface area contributed by atoms with E-state index in [2.05, 4.69) is 0 Å². The topological polar surface area (TPSA) is 54.0 Å². The van der Waals surface area contributed by atoms with E-state index in [1.807, 2.05) is 30.3 Å². The average molecular weight is 266 g/mol. The van der Waals surface area contributed by atoms with Crippen molar-refractivity contribution < 1.29 is 23.7 Å². The lowest BCUT2D eigenvalue weighted by atomic mass is 10.2. The summed E-state index contributed by atoms with van der Waals surface area (Å²) in [4.78, 5) is 11.1. The summed E-state index contributed by atoms with van der Waals surface area (Å²) in [5.74, 6) is -0.368. The minimum Gasteiger partial charge on any atom is -0.464 e. The summed E-state index contributed by atoms with van der Waals surface area (Å²) in [7, 11) is 0. The molecule has 1 heterocycles. The highest BCUT2D eigenvalue weighted by molar-refractivity contribution is 5.70. The molecule has 104 valence electrons. The van der Waals surface area contributed by atoms with Crippen molar-refractivity contribution in [2.24, 2.45) is 0 Å². The fourth-order valence-corrected chi connectivity index (χ4v) is 1.77. The van der Waals surface area contributed by atoms with E-state index in [0.29, 0.717) is 19.8 Å². The molecule has 0 amide bonds. The van der Waals surface area contributed by atoms with Crippen LogP contribution in [0.2, 0.25) is 0 Å². The predicted molar refractivity (Wildman–Crippen MR) is 67.5 cm³/mol. The lowest BCUT2D eigenvalue weighted by Gasteiger charge is -2.29. The van der Waals surface area contributed by atoms with Crippen LogP contribution in [0.15, 0.2) is 30.3 Å². The maximum Gasteiger partial charge on any atom is 0.332 e. The summed E-state index contributed by atoms with van der Waals surface area (Å²) >= 11 is 0. The third kappa shape index (κ3) is 4.31. The van der Waals surface area contributed by atoms with Gasteiger partial charge >= 0.3 is 5.97 Å². The first-order valence-corrected chi connectivity index (χ1v) is 6.35. The molecule has 1 aromatic rings. The zero-order valence-electron chi connectivity index (χ0n) is 10.9. The van der Waals surface area contributed by atoms with Gasteiger partial charge in [-0.05, 0) is 6.92 Å². The van der Waals surface area contributed by atoms with Gasteiger partial charge in [0.2, 0.25) is 0 Å². The molecule has 1 aliphatic rings. The van der Waals surface area contributed by atoms with Crippen molar-refractivity contribution in [1.82, 2.24) is 0 Å². The first-order chi connectivity index (χ1) is 9.29. The van der Waals surface area contributed by atoms with Crippen LogP contribution in [0.4, 0.5) is 0 Å². The average Bonchev–Trinajstić information content (AvgIpc) is 2.47. The molecule has 5 nitrogen and oxygen atoms in total. The van der Waals surface area contributed by atoms with Gasteiger partial charge < -0.3 is 18.9 Å². The van der Waals surface area contributed by atoms with Crippen molar-refractivity contribution in [3.8, 4) is 0 Å². The molecule has 0 radical (unpaired) electrons. The molecule has 5 heteroatoms. The van der Waals surface area contributed by atoms with Crippen LogP contribution >= 0.6 is 0 Å². The van der Waals surface area contributed by atoms with E-state index in [-0.39, 0.29) is 25.0 Å². The van der Waals surface area contributed by atoms with Crippen molar-refractivity contribution in [3.63, 3.8) is 0 Å². The van der Waals surface area contributed by atoms with Gasteiger partial charge in [-0.1, -0.05) is 30.3 Å². The second-order valence-corrected chi connectivity index (χ2v) is 4.15. The second-order valence-electron chi connectivity index (χ2n) is 4.15. The van der Waals surface area contributed by atoms with Gasteiger partial charge in [-0.25, -0.2) is 4.79 Å². The van der Waals surface area contributed by atoms with Gasteiger partial charge in [0, 0.05) is 5.56 Å². The molecule has 19 heavy (non-hydrogen) atoms. The van der Waals surface area contributed by atoms with Gasteiger partial charge in [0.05, 0.1) is 19.8 Å². The van der Waals surface area contributed by atoms with E-state index in [1.165, 1.54) is 0 Å².